The van der Waals surface area contributed by atoms with Crippen molar-refractivity contribution in [3.8, 4) is 0 Å². The van der Waals surface area contributed by atoms with Gasteiger partial charge in [-0.2, -0.15) is 0 Å². The summed E-state index contributed by atoms with van der Waals surface area (Å²) in [6, 6.07) is 17.8. The maximum Gasteiger partial charge on any atom is 0.243 e. The van der Waals surface area contributed by atoms with Crippen molar-refractivity contribution in [3.63, 3.8) is 0 Å². The molecule has 0 bridgehead atoms. The molecule has 3 amide bonds. The number of rotatable bonds is 10. The van der Waals surface area contributed by atoms with Crippen LogP contribution in [0.25, 0.3) is 10.8 Å². The number of amides is 3. The molecule has 0 aromatic heterocycles. The number of carbonyl (C=O) groups excluding carboxylic acids is 3. The Morgan fingerprint density at radius 3 is 2.44 bits per heavy atom. The fourth-order valence-electron chi connectivity index (χ4n) is 4.72. The fourth-order valence-corrected chi connectivity index (χ4v) is 4.72. The first-order chi connectivity index (χ1) is 18.3. The number of aliphatic hydroxyl groups is 1. The Bertz CT molecular complexity index is 1290. The molecule has 39 heavy (non-hydrogen) atoms. The fraction of sp³-hybridized carbons (Fsp3) is 0.345. The van der Waals surface area contributed by atoms with Gasteiger partial charge >= 0.3 is 0 Å². The van der Waals surface area contributed by atoms with Gasteiger partial charge < -0.3 is 26.4 Å². The molecule has 1 fully saturated rings. The van der Waals surface area contributed by atoms with Crippen LogP contribution in [0.3, 0.4) is 0 Å². The average molecular weight is 557 g/mol. The van der Waals surface area contributed by atoms with Gasteiger partial charge in [-0.05, 0) is 46.9 Å². The average Bonchev–Trinajstić information content (AvgIpc) is 3.43. The molecule has 1 aliphatic heterocycles. The Morgan fingerprint density at radius 1 is 1.03 bits per heavy atom. The molecule has 0 aliphatic carbocycles. The van der Waals surface area contributed by atoms with E-state index in [0.717, 1.165) is 16.3 Å². The summed E-state index contributed by atoms with van der Waals surface area (Å²) in [4.78, 5) is 41.0. The molecule has 10 heteroatoms. The van der Waals surface area contributed by atoms with Gasteiger partial charge in [-0.3, -0.25) is 14.4 Å². The Labute approximate surface area is 233 Å². The Balaban J connectivity index is 0.00000420. The summed E-state index contributed by atoms with van der Waals surface area (Å²) in [6.07, 6.45) is 0.541. The smallest absolute Gasteiger partial charge is 0.243 e. The molecule has 0 radical (unpaired) electrons. The zero-order valence-electron chi connectivity index (χ0n) is 21.5. The lowest BCUT2D eigenvalue weighted by Crippen LogP contribution is -2.54. The lowest BCUT2D eigenvalue weighted by Gasteiger charge is -2.27. The number of hydrogen-bond acceptors (Lipinski definition) is 5. The van der Waals surface area contributed by atoms with Crippen LogP contribution in [-0.4, -0.2) is 65.5 Å². The molecule has 208 valence electrons. The van der Waals surface area contributed by atoms with E-state index in [9.17, 15) is 23.9 Å². The highest BCUT2D eigenvalue weighted by Crippen LogP contribution is 2.21. The minimum Gasteiger partial charge on any atom is -0.390 e. The highest BCUT2D eigenvalue weighted by molar-refractivity contribution is 5.93. The summed E-state index contributed by atoms with van der Waals surface area (Å²) in [5.74, 6) is -1.46. The van der Waals surface area contributed by atoms with E-state index in [1.54, 1.807) is 12.1 Å². The number of benzene rings is 3. The number of carbonyl (C=O) groups is 3. The molecule has 1 heterocycles. The van der Waals surface area contributed by atoms with Crippen molar-refractivity contribution >= 4 is 40.9 Å². The van der Waals surface area contributed by atoms with E-state index in [0.29, 0.717) is 24.9 Å². The monoisotopic (exact) mass is 556 g/mol. The van der Waals surface area contributed by atoms with Crippen LogP contribution in [-0.2, 0) is 27.2 Å². The number of likely N-dealkylation sites (tertiary alicyclic amines) is 1. The third-order valence-corrected chi connectivity index (χ3v) is 6.82. The van der Waals surface area contributed by atoms with Crippen LogP contribution >= 0.6 is 12.4 Å². The minimum atomic E-state index is -0.914. The zero-order chi connectivity index (χ0) is 27.1. The van der Waals surface area contributed by atoms with Crippen LogP contribution in [0.1, 0.15) is 24.0 Å². The van der Waals surface area contributed by atoms with Gasteiger partial charge in [0.25, 0.3) is 0 Å². The Morgan fingerprint density at radius 2 is 1.72 bits per heavy atom. The molecule has 1 saturated heterocycles. The van der Waals surface area contributed by atoms with E-state index < -0.39 is 30.0 Å². The van der Waals surface area contributed by atoms with Gasteiger partial charge in [0, 0.05) is 26.1 Å². The number of aliphatic hydroxyl groups excluding tert-OH is 1. The lowest BCUT2D eigenvalue weighted by molar-refractivity contribution is -0.139. The van der Waals surface area contributed by atoms with E-state index >= 15 is 0 Å². The second-order valence-electron chi connectivity index (χ2n) is 9.63. The predicted molar refractivity (Wildman–Crippen MR) is 150 cm³/mol. The van der Waals surface area contributed by atoms with Crippen molar-refractivity contribution in [1.82, 2.24) is 15.5 Å². The van der Waals surface area contributed by atoms with E-state index in [1.807, 2.05) is 42.5 Å². The van der Waals surface area contributed by atoms with Gasteiger partial charge in [-0.1, -0.05) is 54.6 Å². The number of hydrogen-bond donors (Lipinski definition) is 4. The SMILES string of the molecule is Cl.NCC(O)CNC(=O)[C@@H](Cc1ccc2ccccc2c1)NC(=O)C1CCCN1C(=O)Cc1ccc(F)cc1. The number of nitrogens with two attached hydrogens (primary N) is 1. The molecule has 8 nitrogen and oxygen atoms in total. The van der Waals surface area contributed by atoms with Gasteiger partial charge in [-0.15, -0.1) is 12.4 Å². The van der Waals surface area contributed by atoms with Crippen LogP contribution in [0, 0.1) is 5.82 Å². The van der Waals surface area contributed by atoms with E-state index in [1.165, 1.54) is 17.0 Å². The van der Waals surface area contributed by atoms with Crippen molar-refractivity contribution < 1.29 is 23.9 Å². The molecule has 3 atom stereocenters. The molecular formula is C29H34ClFN4O4. The molecule has 0 saturated carbocycles. The van der Waals surface area contributed by atoms with Crippen molar-refractivity contribution in [2.24, 2.45) is 5.73 Å². The molecule has 3 aromatic carbocycles. The normalized spacial score (nSPS) is 16.3. The minimum absolute atomic E-state index is 0. The number of nitrogens with zero attached hydrogens (tertiary/aromatic N) is 1. The third-order valence-electron chi connectivity index (χ3n) is 6.82. The summed E-state index contributed by atoms with van der Waals surface area (Å²) in [5.41, 5.74) is 6.98. The maximum absolute atomic E-state index is 13.4. The van der Waals surface area contributed by atoms with Crippen molar-refractivity contribution in [2.45, 2.75) is 43.9 Å². The second-order valence-corrected chi connectivity index (χ2v) is 9.63. The van der Waals surface area contributed by atoms with Crippen LogP contribution in [0.2, 0.25) is 0 Å². The van der Waals surface area contributed by atoms with Gasteiger partial charge in [-0.25, -0.2) is 4.39 Å². The van der Waals surface area contributed by atoms with Gasteiger partial charge in [0.2, 0.25) is 17.7 Å². The molecule has 5 N–H and O–H groups in total. The van der Waals surface area contributed by atoms with Crippen molar-refractivity contribution in [3.05, 3.63) is 83.7 Å². The van der Waals surface area contributed by atoms with Crippen LogP contribution in [0.4, 0.5) is 4.39 Å². The first-order valence-electron chi connectivity index (χ1n) is 12.8. The highest BCUT2D eigenvalue weighted by atomic mass is 35.5. The highest BCUT2D eigenvalue weighted by Gasteiger charge is 2.35. The number of halogens is 2. The third kappa shape index (κ3) is 7.98. The molecule has 3 aromatic rings. The largest absolute Gasteiger partial charge is 0.390 e. The summed E-state index contributed by atoms with van der Waals surface area (Å²) >= 11 is 0. The van der Waals surface area contributed by atoms with E-state index in [2.05, 4.69) is 10.6 Å². The quantitative estimate of drug-likeness (QED) is 0.304. The van der Waals surface area contributed by atoms with E-state index in [-0.39, 0.29) is 50.1 Å². The van der Waals surface area contributed by atoms with Gasteiger partial charge in [0.15, 0.2) is 0 Å². The predicted octanol–water partition coefficient (Wildman–Crippen LogP) is 2.10. The summed E-state index contributed by atoms with van der Waals surface area (Å²) in [7, 11) is 0. The molecule has 4 rings (SSSR count). The number of nitrogens with one attached hydrogen (secondary N) is 2. The zero-order valence-corrected chi connectivity index (χ0v) is 22.3. The van der Waals surface area contributed by atoms with Gasteiger partial charge in [0.1, 0.15) is 17.9 Å². The molecule has 0 spiro atoms. The van der Waals surface area contributed by atoms with Crippen molar-refractivity contribution in [2.75, 3.05) is 19.6 Å². The standard InChI is InChI=1S/C29H33FN4O4.ClH/c30-23-11-8-19(9-12-23)16-27(36)34-13-3-6-26(34)29(38)33-25(28(37)32-18-24(35)17-31)15-20-7-10-21-4-1-2-5-22(21)14-20;/h1-2,4-5,7-12,14,24-26,35H,3,6,13,15-18,31H2,(H,32,37)(H,33,38);1H/t24?,25-,26?;/m1./s1. The Hall–Kier alpha value is -3.53. The first kappa shape index (κ1) is 30.0. The first-order valence-corrected chi connectivity index (χ1v) is 12.8. The Kier molecular flexibility index (Phi) is 10.8. The topological polar surface area (TPSA) is 125 Å². The van der Waals surface area contributed by atoms with Crippen LogP contribution in [0.5, 0.6) is 0 Å². The summed E-state index contributed by atoms with van der Waals surface area (Å²) in [6.45, 7) is 0.392. The van der Waals surface area contributed by atoms with Crippen molar-refractivity contribution in [1.29, 1.82) is 0 Å². The maximum atomic E-state index is 13.4. The van der Waals surface area contributed by atoms with Crippen LogP contribution in [0.15, 0.2) is 66.7 Å². The number of fused-ring (bicyclic) bond motifs is 1. The lowest BCUT2D eigenvalue weighted by atomic mass is 10.0. The molecular weight excluding hydrogens is 523 g/mol. The van der Waals surface area contributed by atoms with Crippen LogP contribution < -0.4 is 16.4 Å². The van der Waals surface area contributed by atoms with E-state index in [4.69, 9.17) is 5.73 Å². The summed E-state index contributed by atoms with van der Waals surface area (Å²) < 4.78 is 13.2. The molecule has 1 aliphatic rings. The summed E-state index contributed by atoms with van der Waals surface area (Å²) in [5, 5.41) is 17.4. The molecule has 2 unspecified atom stereocenters. The van der Waals surface area contributed by atoms with Gasteiger partial charge in [0.05, 0.1) is 12.5 Å². The second kappa shape index (κ2) is 14.0.